The number of rotatable bonds is 5. The highest BCUT2D eigenvalue weighted by Gasteiger charge is 2.24. The fourth-order valence-corrected chi connectivity index (χ4v) is 3.56. The molecule has 2 aromatic carbocycles. The number of benzene rings is 2. The number of carbonyl (C=O) groups is 1. The molecule has 5 nitrogen and oxygen atoms in total. The van der Waals surface area contributed by atoms with Gasteiger partial charge in [0, 0.05) is 0 Å². The van der Waals surface area contributed by atoms with Crippen LogP contribution in [-0.2, 0) is 4.79 Å². The third-order valence-electron chi connectivity index (χ3n) is 4.01. The summed E-state index contributed by atoms with van der Waals surface area (Å²) in [4.78, 5) is 17.5. The molecule has 1 amide bonds. The van der Waals surface area contributed by atoms with E-state index in [0.717, 1.165) is 16.8 Å². The van der Waals surface area contributed by atoms with Crippen LogP contribution in [-0.4, -0.2) is 24.8 Å². The van der Waals surface area contributed by atoms with Crippen LogP contribution in [0.15, 0.2) is 46.3 Å². The average molecular weight is 382 g/mol. The lowest BCUT2D eigenvalue weighted by Crippen LogP contribution is -2.19. The van der Waals surface area contributed by atoms with Gasteiger partial charge in [0.1, 0.15) is 0 Å². The lowest BCUT2D eigenvalue weighted by atomic mass is 10.1. The molecule has 0 spiro atoms. The fourth-order valence-electron chi connectivity index (χ4n) is 2.72. The molecule has 2 aromatic rings. The molecule has 0 saturated carbocycles. The Morgan fingerprint density at radius 3 is 2.67 bits per heavy atom. The zero-order chi connectivity index (χ0) is 19.4. The molecule has 6 heteroatoms. The molecule has 1 fully saturated rings. The van der Waals surface area contributed by atoms with Gasteiger partial charge < -0.3 is 14.8 Å². The summed E-state index contributed by atoms with van der Waals surface area (Å²) in [5.74, 6) is 1.17. The predicted octanol–water partition coefficient (Wildman–Crippen LogP) is 4.60. The van der Waals surface area contributed by atoms with E-state index in [-0.39, 0.29) is 5.91 Å². The first-order chi connectivity index (χ1) is 13.0. The SMILES string of the molecule is CCOc1cc(C=C2SC(=Nc3ccc(C)cc3C)NC2=O)ccc1OC. The summed E-state index contributed by atoms with van der Waals surface area (Å²) < 4.78 is 10.9. The van der Waals surface area contributed by atoms with E-state index in [4.69, 9.17) is 9.47 Å². The molecule has 1 aliphatic rings. The minimum Gasteiger partial charge on any atom is -0.493 e. The maximum atomic E-state index is 12.3. The van der Waals surface area contributed by atoms with Crippen LogP contribution in [0.25, 0.3) is 6.08 Å². The van der Waals surface area contributed by atoms with E-state index < -0.39 is 0 Å². The molecule has 27 heavy (non-hydrogen) atoms. The van der Waals surface area contributed by atoms with Crippen molar-refractivity contribution in [1.29, 1.82) is 0 Å². The van der Waals surface area contributed by atoms with Crippen molar-refractivity contribution in [2.75, 3.05) is 13.7 Å². The Bertz CT molecular complexity index is 935. The Kier molecular flexibility index (Phi) is 5.86. The second-order valence-corrected chi connectivity index (χ2v) is 7.15. The number of methoxy groups -OCH3 is 1. The van der Waals surface area contributed by atoms with Crippen LogP contribution in [0.2, 0.25) is 0 Å². The minimum atomic E-state index is -0.155. The van der Waals surface area contributed by atoms with E-state index in [2.05, 4.69) is 16.4 Å². The molecule has 0 bridgehead atoms. The molecule has 140 valence electrons. The van der Waals surface area contributed by atoms with Gasteiger partial charge in [0.05, 0.1) is 24.3 Å². The van der Waals surface area contributed by atoms with Crippen LogP contribution in [0.3, 0.4) is 0 Å². The summed E-state index contributed by atoms with van der Waals surface area (Å²) in [7, 11) is 1.60. The Labute approximate surface area is 163 Å². The number of thioether (sulfide) groups is 1. The number of ether oxygens (including phenoxy) is 2. The normalized spacial score (nSPS) is 16.7. The summed E-state index contributed by atoms with van der Waals surface area (Å²) in [6.07, 6.45) is 1.83. The third kappa shape index (κ3) is 4.52. The summed E-state index contributed by atoms with van der Waals surface area (Å²) in [5, 5.41) is 3.41. The van der Waals surface area contributed by atoms with Crippen LogP contribution in [0, 0.1) is 13.8 Å². The quantitative estimate of drug-likeness (QED) is 0.768. The van der Waals surface area contributed by atoms with Crippen molar-refractivity contribution in [3.05, 3.63) is 58.0 Å². The topological polar surface area (TPSA) is 59.9 Å². The van der Waals surface area contributed by atoms with E-state index in [1.54, 1.807) is 7.11 Å². The highest BCUT2D eigenvalue weighted by atomic mass is 32.2. The van der Waals surface area contributed by atoms with Crippen LogP contribution in [0.1, 0.15) is 23.6 Å². The molecular weight excluding hydrogens is 360 g/mol. The zero-order valence-corrected chi connectivity index (χ0v) is 16.6. The molecule has 1 saturated heterocycles. The first kappa shape index (κ1) is 19.0. The van der Waals surface area contributed by atoms with Gasteiger partial charge in [0.15, 0.2) is 16.7 Å². The summed E-state index contributed by atoms with van der Waals surface area (Å²) in [6.45, 7) is 6.51. The van der Waals surface area contributed by atoms with Crippen LogP contribution in [0.5, 0.6) is 11.5 Å². The lowest BCUT2D eigenvalue weighted by Gasteiger charge is -2.09. The predicted molar refractivity (Wildman–Crippen MR) is 111 cm³/mol. The first-order valence-electron chi connectivity index (χ1n) is 8.68. The van der Waals surface area contributed by atoms with E-state index in [9.17, 15) is 4.79 Å². The van der Waals surface area contributed by atoms with Crippen molar-refractivity contribution < 1.29 is 14.3 Å². The van der Waals surface area contributed by atoms with Gasteiger partial charge in [-0.2, -0.15) is 0 Å². The molecule has 1 heterocycles. The highest BCUT2D eigenvalue weighted by Crippen LogP contribution is 2.32. The third-order valence-corrected chi connectivity index (χ3v) is 4.92. The first-order valence-corrected chi connectivity index (χ1v) is 9.49. The number of nitrogens with one attached hydrogen (secondary N) is 1. The van der Waals surface area contributed by atoms with Crippen molar-refractivity contribution in [2.45, 2.75) is 20.8 Å². The van der Waals surface area contributed by atoms with Crippen molar-refractivity contribution in [3.63, 3.8) is 0 Å². The van der Waals surface area contributed by atoms with E-state index in [1.807, 2.05) is 57.2 Å². The summed E-state index contributed by atoms with van der Waals surface area (Å²) in [6, 6.07) is 11.6. The average Bonchev–Trinajstić information content (AvgIpc) is 2.97. The molecule has 1 aliphatic heterocycles. The van der Waals surface area contributed by atoms with Gasteiger partial charge in [-0.25, -0.2) is 4.99 Å². The minimum absolute atomic E-state index is 0.155. The van der Waals surface area contributed by atoms with Crippen molar-refractivity contribution in [3.8, 4) is 11.5 Å². The number of aryl methyl sites for hydroxylation is 2. The van der Waals surface area contributed by atoms with Gasteiger partial charge in [-0.15, -0.1) is 0 Å². The molecule has 0 aromatic heterocycles. The molecule has 1 N–H and O–H groups in total. The maximum absolute atomic E-state index is 12.3. The fraction of sp³-hybridized carbons (Fsp3) is 0.238. The summed E-state index contributed by atoms with van der Waals surface area (Å²) in [5.41, 5.74) is 3.98. The monoisotopic (exact) mass is 382 g/mol. The van der Waals surface area contributed by atoms with Crippen LogP contribution < -0.4 is 14.8 Å². The number of amidine groups is 1. The second kappa shape index (κ2) is 8.31. The van der Waals surface area contributed by atoms with Crippen molar-refractivity contribution in [2.24, 2.45) is 4.99 Å². The number of amides is 1. The van der Waals surface area contributed by atoms with Gasteiger partial charge in [-0.1, -0.05) is 23.8 Å². The second-order valence-electron chi connectivity index (χ2n) is 6.11. The van der Waals surface area contributed by atoms with Crippen molar-refractivity contribution >= 4 is 34.6 Å². The van der Waals surface area contributed by atoms with Gasteiger partial charge in [-0.3, -0.25) is 4.79 Å². The van der Waals surface area contributed by atoms with Crippen LogP contribution >= 0.6 is 11.8 Å². The lowest BCUT2D eigenvalue weighted by molar-refractivity contribution is -0.115. The van der Waals surface area contributed by atoms with Crippen molar-refractivity contribution in [1.82, 2.24) is 5.32 Å². The molecule has 0 atom stereocenters. The molecule has 3 rings (SSSR count). The molecule has 0 radical (unpaired) electrons. The Balaban J connectivity index is 1.85. The Hall–Kier alpha value is -2.73. The number of aliphatic imine (C=N–C) groups is 1. The maximum Gasteiger partial charge on any atom is 0.264 e. The van der Waals surface area contributed by atoms with E-state index in [1.165, 1.54) is 17.3 Å². The van der Waals surface area contributed by atoms with E-state index >= 15 is 0 Å². The van der Waals surface area contributed by atoms with Gasteiger partial charge >= 0.3 is 0 Å². The van der Waals surface area contributed by atoms with E-state index in [0.29, 0.717) is 28.2 Å². The Morgan fingerprint density at radius 1 is 1.15 bits per heavy atom. The number of hydrogen-bond acceptors (Lipinski definition) is 5. The van der Waals surface area contributed by atoms with Gasteiger partial charge in [0.25, 0.3) is 5.91 Å². The molecular formula is C21H22N2O3S. The molecule has 0 unspecified atom stereocenters. The van der Waals surface area contributed by atoms with Crippen LogP contribution in [0.4, 0.5) is 5.69 Å². The zero-order valence-electron chi connectivity index (χ0n) is 15.8. The smallest absolute Gasteiger partial charge is 0.264 e. The van der Waals surface area contributed by atoms with Gasteiger partial charge in [-0.05, 0) is 67.9 Å². The van der Waals surface area contributed by atoms with Gasteiger partial charge in [0.2, 0.25) is 0 Å². The number of nitrogens with zero attached hydrogens (tertiary/aromatic N) is 1. The standard InChI is InChI=1S/C21H22N2O3S/c1-5-26-18-11-15(7-9-17(18)25-4)12-19-20(24)23-21(27-19)22-16-8-6-13(2)10-14(16)3/h6-12H,5H2,1-4H3,(H,22,23,24). The molecule has 0 aliphatic carbocycles. The largest absolute Gasteiger partial charge is 0.493 e. The number of carbonyl (C=O) groups excluding carboxylic acids is 1. The summed E-state index contributed by atoms with van der Waals surface area (Å²) >= 11 is 1.33. The Morgan fingerprint density at radius 2 is 1.96 bits per heavy atom. The highest BCUT2D eigenvalue weighted by molar-refractivity contribution is 8.18. The number of hydrogen-bond donors (Lipinski definition) is 1.